The minimum atomic E-state index is -0.295. The lowest BCUT2D eigenvalue weighted by Crippen LogP contribution is -1.95. The predicted molar refractivity (Wildman–Crippen MR) is 49.8 cm³/mol. The second-order valence-electron chi connectivity index (χ2n) is 2.96. The fraction of sp³-hybridized carbons (Fsp3) is 0.200. The Bertz CT molecular complexity index is 439. The lowest BCUT2D eigenvalue weighted by atomic mass is 10.3. The predicted octanol–water partition coefficient (Wildman–Crippen LogP) is 2.10. The van der Waals surface area contributed by atoms with Gasteiger partial charge in [-0.1, -0.05) is 0 Å². The molecular formula is C10H9FN2O2. The van der Waals surface area contributed by atoms with Crippen molar-refractivity contribution in [2.75, 3.05) is 0 Å². The molecule has 0 N–H and O–H groups in total. The number of benzene rings is 1. The van der Waals surface area contributed by atoms with Crippen LogP contribution in [0.1, 0.15) is 11.8 Å². The van der Waals surface area contributed by atoms with Crippen molar-refractivity contribution in [3.8, 4) is 5.75 Å². The Labute approximate surface area is 85.7 Å². The molecule has 0 fully saturated rings. The van der Waals surface area contributed by atoms with Gasteiger partial charge in [0.25, 0.3) is 5.89 Å². The monoisotopic (exact) mass is 208 g/mol. The van der Waals surface area contributed by atoms with E-state index < -0.39 is 0 Å². The van der Waals surface area contributed by atoms with Gasteiger partial charge in [-0.25, -0.2) is 4.39 Å². The summed E-state index contributed by atoms with van der Waals surface area (Å²) < 4.78 is 23.0. The van der Waals surface area contributed by atoms with E-state index in [1.807, 2.05) is 0 Å². The first-order valence-electron chi connectivity index (χ1n) is 4.41. The second-order valence-corrected chi connectivity index (χ2v) is 2.96. The van der Waals surface area contributed by atoms with Crippen LogP contribution >= 0.6 is 0 Å². The van der Waals surface area contributed by atoms with E-state index in [0.717, 1.165) is 0 Å². The lowest BCUT2D eigenvalue weighted by Gasteiger charge is -2.01. The highest BCUT2D eigenvalue weighted by Gasteiger charge is 2.02. The minimum absolute atomic E-state index is 0.187. The first-order chi connectivity index (χ1) is 7.24. The van der Waals surface area contributed by atoms with Crippen LogP contribution in [0.15, 0.2) is 28.7 Å². The molecule has 0 aliphatic rings. The third-order valence-corrected chi connectivity index (χ3v) is 1.74. The van der Waals surface area contributed by atoms with E-state index in [-0.39, 0.29) is 12.4 Å². The van der Waals surface area contributed by atoms with Gasteiger partial charge in [-0.2, -0.15) is 0 Å². The number of halogens is 1. The SMILES string of the molecule is Cc1nnc(COc2ccc(F)cc2)o1. The highest BCUT2D eigenvalue weighted by Crippen LogP contribution is 2.12. The number of aromatic nitrogens is 2. The van der Waals surface area contributed by atoms with Crippen molar-refractivity contribution >= 4 is 0 Å². The Morgan fingerprint density at radius 3 is 2.60 bits per heavy atom. The highest BCUT2D eigenvalue weighted by atomic mass is 19.1. The smallest absolute Gasteiger partial charge is 0.253 e. The zero-order valence-electron chi connectivity index (χ0n) is 8.11. The molecule has 5 heteroatoms. The van der Waals surface area contributed by atoms with Crippen molar-refractivity contribution in [2.24, 2.45) is 0 Å². The Morgan fingerprint density at radius 1 is 1.27 bits per heavy atom. The van der Waals surface area contributed by atoms with E-state index in [1.54, 1.807) is 19.1 Å². The quantitative estimate of drug-likeness (QED) is 0.774. The fourth-order valence-corrected chi connectivity index (χ4v) is 1.07. The van der Waals surface area contributed by atoms with E-state index in [4.69, 9.17) is 9.15 Å². The Balaban J connectivity index is 1.96. The Kier molecular flexibility index (Phi) is 2.62. The summed E-state index contributed by atoms with van der Waals surface area (Å²) in [5, 5.41) is 7.42. The second kappa shape index (κ2) is 4.08. The topological polar surface area (TPSA) is 48.2 Å². The van der Waals surface area contributed by atoms with Crippen LogP contribution in [-0.2, 0) is 6.61 Å². The van der Waals surface area contributed by atoms with Gasteiger partial charge >= 0.3 is 0 Å². The molecule has 0 aliphatic heterocycles. The molecule has 1 aromatic carbocycles. The molecule has 0 bridgehead atoms. The van der Waals surface area contributed by atoms with Gasteiger partial charge in [0.05, 0.1) is 0 Å². The average molecular weight is 208 g/mol. The average Bonchev–Trinajstić information content (AvgIpc) is 2.64. The van der Waals surface area contributed by atoms with Gasteiger partial charge in [0.2, 0.25) is 5.89 Å². The van der Waals surface area contributed by atoms with Gasteiger partial charge < -0.3 is 9.15 Å². The minimum Gasteiger partial charge on any atom is -0.484 e. The van der Waals surface area contributed by atoms with E-state index in [1.165, 1.54) is 12.1 Å². The van der Waals surface area contributed by atoms with E-state index >= 15 is 0 Å². The van der Waals surface area contributed by atoms with Gasteiger partial charge in [-0.05, 0) is 24.3 Å². The largest absolute Gasteiger partial charge is 0.484 e. The van der Waals surface area contributed by atoms with E-state index in [2.05, 4.69) is 10.2 Å². The molecule has 0 atom stereocenters. The van der Waals surface area contributed by atoms with Crippen molar-refractivity contribution in [1.29, 1.82) is 0 Å². The standard InChI is InChI=1S/C10H9FN2O2/c1-7-12-13-10(15-7)6-14-9-4-2-8(11)3-5-9/h2-5H,6H2,1H3. The van der Waals surface area contributed by atoms with Crippen molar-refractivity contribution in [2.45, 2.75) is 13.5 Å². The maximum atomic E-state index is 12.6. The Morgan fingerprint density at radius 2 is 2.00 bits per heavy atom. The molecule has 0 spiro atoms. The van der Waals surface area contributed by atoms with Crippen molar-refractivity contribution in [3.05, 3.63) is 41.9 Å². The fourth-order valence-electron chi connectivity index (χ4n) is 1.07. The summed E-state index contributed by atoms with van der Waals surface area (Å²) in [4.78, 5) is 0. The molecule has 0 unspecified atom stereocenters. The molecule has 0 saturated heterocycles. The van der Waals surface area contributed by atoms with Crippen LogP contribution in [0.2, 0.25) is 0 Å². The maximum absolute atomic E-state index is 12.6. The number of rotatable bonds is 3. The van der Waals surface area contributed by atoms with Crippen molar-refractivity contribution in [3.63, 3.8) is 0 Å². The molecule has 4 nitrogen and oxygen atoms in total. The molecule has 0 amide bonds. The van der Waals surface area contributed by atoms with E-state index in [9.17, 15) is 4.39 Å². The van der Waals surface area contributed by atoms with Crippen LogP contribution in [0.25, 0.3) is 0 Å². The number of nitrogens with zero attached hydrogens (tertiary/aromatic N) is 2. The zero-order valence-corrected chi connectivity index (χ0v) is 8.11. The lowest BCUT2D eigenvalue weighted by molar-refractivity contribution is 0.260. The molecular weight excluding hydrogens is 199 g/mol. The van der Waals surface area contributed by atoms with Gasteiger partial charge in [0.15, 0.2) is 6.61 Å². The molecule has 0 radical (unpaired) electrons. The zero-order chi connectivity index (χ0) is 10.7. The van der Waals surface area contributed by atoms with Crippen LogP contribution < -0.4 is 4.74 Å². The summed E-state index contributed by atoms with van der Waals surface area (Å²) in [6.07, 6.45) is 0. The van der Waals surface area contributed by atoms with Gasteiger partial charge in [0, 0.05) is 6.92 Å². The molecule has 2 rings (SSSR count). The summed E-state index contributed by atoms with van der Waals surface area (Å²) in [5.74, 6) is 1.16. The van der Waals surface area contributed by atoms with Crippen LogP contribution in [0.5, 0.6) is 5.75 Å². The first-order valence-corrected chi connectivity index (χ1v) is 4.41. The van der Waals surface area contributed by atoms with Crippen LogP contribution in [-0.4, -0.2) is 10.2 Å². The third kappa shape index (κ3) is 2.52. The molecule has 15 heavy (non-hydrogen) atoms. The first kappa shape index (κ1) is 9.64. The number of aryl methyl sites for hydroxylation is 1. The number of hydrogen-bond acceptors (Lipinski definition) is 4. The number of hydrogen-bond donors (Lipinski definition) is 0. The van der Waals surface area contributed by atoms with Crippen LogP contribution in [0.3, 0.4) is 0 Å². The molecule has 0 saturated carbocycles. The summed E-state index contributed by atoms with van der Waals surface area (Å²) in [6, 6.07) is 5.74. The van der Waals surface area contributed by atoms with Crippen LogP contribution in [0, 0.1) is 12.7 Å². The summed E-state index contributed by atoms with van der Waals surface area (Å²) in [6.45, 7) is 1.89. The summed E-state index contributed by atoms with van der Waals surface area (Å²) >= 11 is 0. The van der Waals surface area contributed by atoms with Gasteiger partial charge in [0.1, 0.15) is 11.6 Å². The number of ether oxygens (including phenoxy) is 1. The summed E-state index contributed by atoms with van der Waals surface area (Å²) in [5.41, 5.74) is 0. The highest BCUT2D eigenvalue weighted by molar-refractivity contribution is 5.22. The molecule has 2 aromatic rings. The maximum Gasteiger partial charge on any atom is 0.253 e. The summed E-state index contributed by atoms with van der Waals surface area (Å²) in [7, 11) is 0. The third-order valence-electron chi connectivity index (χ3n) is 1.74. The van der Waals surface area contributed by atoms with Crippen LogP contribution in [0.4, 0.5) is 4.39 Å². The molecule has 1 heterocycles. The Hall–Kier alpha value is -1.91. The molecule has 0 aliphatic carbocycles. The molecule has 1 aromatic heterocycles. The normalized spacial score (nSPS) is 10.3. The van der Waals surface area contributed by atoms with Gasteiger partial charge in [-0.3, -0.25) is 0 Å². The van der Waals surface area contributed by atoms with Gasteiger partial charge in [-0.15, -0.1) is 10.2 Å². The molecule has 78 valence electrons. The van der Waals surface area contributed by atoms with Crippen molar-refractivity contribution < 1.29 is 13.5 Å². The van der Waals surface area contributed by atoms with Crippen molar-refractivity contribution in [1.82, 2.24) is 10.2 Å². The van der Waals surface area contributed by atoms with E-state index in [0.29, 0.717) is 17.5 Å².